The van der Waals surface area contributed by atoms with Crippen LogP contribution >= 0.6 is 0 Å². The summed E-state index contributed by atoms with van der Waals surface area (Å²) < 4.78 is 7.87. The Morgan fingerprint density at radius 1 is 1.36 bits per heavy atom. The Labute approximate surface area is 147 Å². The molecule has 25 heavy (non-hydrogen) atoms. The van der Waals surface area contributed by atoms with Gasteiger partial charge >= 0.3 is 0 Å². The van der Waals surface area contributed by atoms with Crippen LogP contribution in [0.5, 0.6) is 0 Å². The number of aryl methyl sites for hydroxylation is 1. The number of fused-ring (bicyclic) bond motifs is 1. The number of amides is 1. The zero-order chi connectivity index (χ0) is 17.2. The van der Waals surface area contributed by atoms with E-state index in [0.29, 0.717) is 25.4 Å². The van der Waals surface area contributed by atoms with Gasteiger partial charge in [0.05, 0.1) is 18.8 Å². The van der Waals surface area contributed by atoms with Gasteiger partial charge in [0.15, 0.2) is 0 Å². The number of carbonyl (C=O) groups excluding carboxylic acids is 1. The molecule has 2 aromatic heterocycles. The molecule has 1 amide bonds. The molecule has 2 aromatic rings. The van der Waals surface area contributed by atoms with E-state index in [0.717, 1.165) is 24.8 Å². The van der Waals surface area contributed by atoms with Crippen LogP contribution in [0.1, 0.15) is 47.4 Å². The Bertz CT molecular complexity index is 741. The van der Waals surface area contributed by atoms with E-state index in [1.165, 1.54) is 24.7 Å². The maximum atomic E-state index is 12.8. The Balaban J connectivity index is 1.52. The van der Waals surface area contributed by atoms with Gasteiger partial charge in [-0.3, -0.25) is 9.48 Å². The minimum atomic E-state index is -0.0775. The smallest absolute Gasteiger partial charge is 0.272 e. The first-order valence-corrected chi connectivity index (χ1v) is 8.94. The second kappa shape index (κ2) is 6.92. The van der Waals surface area contributed by atoms with Gasteiger partial charge in [0.1, 0.15) is 12.0 Å². The van der Waals surface area contributed by atoms with Crippen molar-refractivity contribution < 1.29 is 9.53 Å². The van der Waals surface area contributed by atoms with Gasteiger partial charge in [-0.25, -0.2) is 9.97 Å². The first kappa shape index (κ1) is 16.2. The largest absolute Gasteiger partial charge is 0.380 e. The first-order valence-electron chi connectivity index (χ1n) is 8.94. The van der Waals surface area contributed by atoms with Gasteiger partial charge in [-0.2, -0.15) is 5.10 Å². The lowest BCUT2D eigenvalue weighted by atomic mass is 9.95. The summed E-state index contributed by atoms with van der Waals surface area (Å²) in [5.41, 5.74) is 2.60. The minimum Gasteiger partial charge on any atom is -0.380 e. The van der Waals surface area contributed by atoms with Crippen molar-refractivity contribution in [3.05, 3.63) is 41.7 Å². The highest BCUT2D eigenvalue weighted by Crippen LogP contribution is 2.31. The molecule has 2 aliphatic rings. The van der Waals surface area contributed by atoms with Crippen LogP contribution in [0.25, 0.3) is 0 Å². The molecule has 4 rings (SSSR count). The van der Waals surface area contributed by atoms with Gasteiger partial charge in [0.25, 0.3) is 5.91 Å². The topological polar surface area (TPSA) is 73.1 Å². The third-order valence-electron chi connectivity index (χ3n) is 4.87. The van der Waals surface area contributed by atoms with Crippen molar-refractivity contribution in [1.29, 1.82) is 0 Å². The zero-order valence-corrected chi connectivity index (χ0v) is 14.5. The van der Waals surface area contributed by atoms with Gasteiger partial charge in [-0.15, -0.1) is 0 Å². The molecule has 0 N–H and O–H groups in total. The van der Waals surface area contributed by atoms with Crippen LogP contribution in [0.2, 0.25) is 0 Å². The van der Waals surface area contributed by atoms with Crippen LogP contribution in [-0.2, 0) is 17.8 Å². The highest BCUT2D eigenvalue weighted by Gasteiger charge is 2.32. The van der Waals surface area contributed by atoms with Gasteiger partial charge in [0.2, 0.25) is 0 Å². The van der Waals surface area contributed by atoms with Crippen molar-refractivity contribution in [3.63, 3.8) is 0 Å². The van der Waals surface area contributed by atoms with Crippen molar-refractivity contribution in [2.75, 3.05) is 19.8 Å². The Morgan fingerprint density at radius 2 is 2.24 bits per heavy atom. The van der Waals surface area contributed by atoms with Crippen LogP contribution in [0.4, 0.5) is 0 Å². The molecule has 0 bridgehead atoms. The number of ether oxygens (including phenoxy) is 1. The van der Waals surface area contributed by atoms with Crippen molar-refractivity contribution in [2.24, 2.45) is 5.92 Å². The van der Waals surface area contributed by atoms with E-state index >= 15 is 0 Å². The summed E-state index contributed by atoms with van der Waals surface area (Å²) in [6.07, 6.45) is 7.67. The molecule has 1 aliphatic carbocycles. The molecule has 0 spiro atoms. The van der Waals surface area contributed by atoms with Gasteiger partial charge in [-0.1, -0.05) is 0 Å². The molecule has 7 nitrogen and oxygen atoms in total. The molecule has 0 saturated heterocycles. The standard InChI is InChI=1S/C18H23N5O2/c1-2-23-8-15-14(11-25-10-13-3-4-13)7-22(9-17(15)21-23)18(24)16-5-6-19-12-20-16/h5-6,8,12-14H,2-4,7,9-11H2,1H3/t14-/m0/s1. The molecule has 1 fully saturated rings. The molecule has 1 saturated carbocycles. The first-order chi connectivity index (χ1) is 12.2. The highest BCUT2D eigenvalue weighted by molar-refractivity contribution is 5.92. The molecular formula is C18H23N5O2. The number of aromatic nitrogens is 4. The maximum Gasteiger partial charge on any atom is 0.272 e. The van der Waals surface area contributed by atoms with E-state index in [4.69, 9.17) is 4.74 Å². The summed E-state index contributed by atoms with van der Waals surface area (Å²) in [5.74, 6) is 0.819. The van der Waals surface area contributed by atoms with Crippen LogP contribution in [0, 0.1) is 5.92 Å². The normalized spacial score (nSPS) is 19.7. The second-order valence-electron chi connectivity index (χ2n) is 6.84. The summed E-state index contributed by atoms with van der Waals surface area (Å²) in [5, 5.41) is 4.64. The molecule has 0 unspecified atom stereocenters. The third kappa shape index (κ3) is 3.56. The molecule has 7 heteroatoms. The van der Waals surface area contributed by atoms with E-state index in [9.17, 15) is 4.79 Å². The summed E-state index contributed by atoms with van der Waals surface area (Å²) in [7, 11) is 0. The van der Waals surface area contributed by atoms with Crippen molar-refractivity contribution in [1.82, 2.24) is 24.6 Å². The summed E-state index contributed by atoms with van der Waals surface area (Å²) >= 11 is 0. The minimum absolute atomic E-state index is 0.0775. The number of carbonyl (C=O) groups is 1. The molecular weight excluding hydrogens is 318 g/mol. The Kier molecular flexibility index (Phi) is 4.48. The Morgan fingerprint density at radius 3 is 2.96 bits per heavy atom. The number of hydrogen-bond acceptors (Lipinski definition) is 5. The van der Waals surface area contributed by atoms with Gasteiger partial charge < -0.3 is 9.64 Å². The SMILES string of the molecule is CCn1cc2c(n1)CN(C(=O)c1ccncn1)C[C@H]2COCC1CC1. The molecule has 1 atom stereocenters. The van der Waals surface area contributed by atoms with Crippen molar-refractivity contribution in [2.45, 2.75) is 38.8 Å². The van der Waals surface area contributed by atoms with Gasteiger partial charge in [0, 0.05) is 43.6 Å². The Hall–Kier alpha value is -2.28. The molecule has 1 aliphatic heterocycles. The number of rotatable bonds is 6. The van der Waals surface area contributed by atoms with Crippen LogP contribution in [0.15, 0.2) is 24.8 Å². The second-order valence-corrected chi connectivity index (χ2v) is 6.84. The highest BCUT2D eigenvalue weighted by atomic mass is 16.5. The van der Waals surface area contributed by atoms with Crippen LogP contribution in [-0.4, -0.2) is 50.3 Å². The average molecular weight is 341 g/mol. The lowest BCUT2D eigenvalue weighted by Crippen LogP contribution is -2.39. The van der Waals surface area contributed by atoms with Crippen LogP contribution < -0.4 is 0 Å². The van der Waals surface area contributed by atoms with Crippen molar-refractivity contribution >= 4 is 5.91 Å². The maximum absolute atomic E-state index is 12.8. The fourth-order valence-electron chi connectivity index (χ4n) is 3.25. The summed E-state index contributed by atoms with van der Waals surface area (Å²) in [6, 6.07) is 1.65. The van der Waals surface area contributed by atoms with E-state index in [1.54, 1.807) is 12.3 Å². The fourth-order valence-corrected chi connectivity index (χ4v) is 3.25. The van der Waals surface area contributed by atoms with E-state index in [1.807, 2.05) is 9.58 Å². The van der Waals surface area contributed by atoms with E-state index < -0.39 is 0 Å². The van der Waals surface area contributed by atoms with E-state index in [2.05, 4.69) is 28.2 Å². The summed E-state index contributed by atoms with van der Waals surface area (Å²) in [6.45, 7) is 5.50. The number of nitrogens with zero attached hydrogens (tertiary/aromatic N) is 5. The third-order valence-corrected chi connectivity index (χ3v) is 4.87. The predicted octanol–water partition coefficient (Wildman–Crippen LogP) is 1.86. The monoisotopic (exact) mass is 341 g/mol. The average Bonchev–Trinajstić information content (AvgIpc) is 3.37. The van der Waals surface area contributed by atoms with Gasteiger partial charge in [-0.05, 0) is 31.7 Å². The number of hydrogen-bond donors (Lipinski definition) is 0. The summed E-state index contributed by atoms with van der Waals surface area (Å²) in [4.78, 5) is 22.6. The molecule has 132 valence electrons. The lowest BCUT2D eigenvalue weighted by molar-refractivity contribution is 0.0621. The van der Waals surface area contributed by atoms with Crippen LogP contribution in [0.3, 0.4) is 0 Å². The van der Waals surface area contributed by atoms with E-state index in [-0.39, 0.29) is 11.8 Å². The predicted molar refractivity (Wildman–Crippen MR) is 91.0 cm³/mol. The zero-order valence-electron chi connectivity index (χ0n) is 14.5. The quantitative estimate of drug-likeness (QED) is 0.802. The lowest BCUT2D eigenvalue weighted by Gasteiger charge is -2.31. The molecule has 0 aromatic carbocycles. The molecule has 0 radical (unpaired) electrons. The fraction of sp³-hybridized carbons (Fsp3) is 0.556. The van der Waals surface area contributed by atoms with Crippen molar-refractivity contribution in [3.8, 4) is 0 Å². The molecule has 3 heterocycles.